The summed E-state index contributed by atoms with van der Waals surface area (Å²) in [5.74, 6) is 2.79. The predicted octanol–water partition coefficient (Wildman–Crippen LogP) is 4.65. The van der Waals surface area contributed by atoms with E-state index in [0.717, 1.165) is 36.3 Å². The molecular weight excluding hydrogens is 251 g/mol. The molecule has 2 heteroatoms. The van der Waals surface area contributed by atoms with Crippen LogP contribution in [0.1, 0.15) is 25.3 Å². The summed E-state index contributed by atoms with van der Waals surface area (Å²) in [5, 5.41) is 0. The summed E-state index contributed by atoms with van der Waals surface area (Å²) in [6.07, 6.45) is 7.36. The zero-order valence-corrected chi connectivity index (χ0v) is 11.5. The minimum atomic E-state index is -0.367. The van der Waals surface area contributed by atoms with Crippen LogP contribution in [0.25, 0.3) is 11.1 Å². The van der Waals surface area contributed by atoms with Crippen molar-refractivity contribution in [2.24, 2.45) is 0 Å². The minimum Gasteiger partial charge on any atom is -0.494 e. The molecule has 0 saturated carbocycles. The van der Waals surface area contributed by atoms with E-state index in [1.165, 1.54) is 6.07 Å². The van der Waals surface area contributed by atoms with Crippen LogP contribution in [0.3, 0.4) is 0 Å². The molecule has 0 heterocycles. The van der Waals surface area contributed by atoms with E-state index < -0.39 is 0 Å². The van der Waals surface area contributed by atoms with Gasteiger partial charge in [-0.3, -0.25) is 0 Å². The van der Waals surface area contributed by atoms with Gasteiger partial charge in [0.1, 0.15) is 11.6 Å². The Bertz CT molecular complexity index is 608. The maximum Gasteiger partial charge on any atom is 0.139 e. The highest BCUT2D eigenvalue weighted by atomic mass is 19.1. The molecule has 2 rings (SSSR count). The zero-order valence-electron chi connectivity index (χ0n) is 11.5. The lowest BCUT2D eigenvalue weighted by atomic mass is 10.0. The van der Waals surface area contributed by atoms with E-state index in [4.69, 9.17) is 11.2 Å². The van der Waals surface area contributed by atoms with E-state index in [0.29, 0.717) is 0 Å². The quantitative estimate of drug-likeness (QED) is 0.566. The Morgan fingerprint density at radius 3 is 2.40 bits per heavy atom. The monoisotopic (exact) mass is 268 g/mol. The smallest absolute Gasteiger partial charge is 0.139 e. The molecule has 0 bridgehead atoms. The summed E-state index contributed by atoms with van der Waals surface area (Å²) < 4.78 is 19.3. The Labute approximate surface area is 119 Å². The Balaban J connectivity index is 2.14. The van der Waals surface area contributed by atoms with Crippen LogP contribution in [0.5, 0.6) is 5.75 Å². The Morgan fingerprint density at radius 2 is 1.80 bits per heavy atom. The van der Waals surface area contributed by atoms with Crippen LogP contribution in [0, 0.1) is 18.2 Å². The lowest BCUT2D eigenvalue weighted by Crippen LogP contribution is -1.96. The average molecular weight is 268 g/mol. The third-order valence-corrected chi connectivity index (χ3v) is 3.08. The molecule has 0 N–H and O–H groups in total. The molecule has 0 amide bonds. The van der Waals surface area contributed by atoms with Gasteiger partial charge in [-0.05, 0) is 41.8 Å². The van der Waals surface area contributed by atoms with Crippen LogP contribution in [0.15, 0.2) is 42.5 Å². The lowest BCUT2D eigenvalue weighted by molar-refractivity contribution is 0.309. The highest BCUT2D eigenvalue weighted by molar-refractivity contribution is 5.65. The molecule has 2 aromatic rings. The van der Waals surface area contributed by atoms with E-state index in [1.54, 1.807) is 6.07 Å². The molecule has 0 aromatic heterocycles. The molecule has 20 heavy (non-hydrogen) atoms. The van der Waals surface area contributed by atoms with E-state index in [1.807, 2.05) is 30.3 Å². The molecule has 0 radical (unpaired) electrons. The summed E-state index contributed by atoms with van der Waals surface area (Å²) in [6.45, 7) is 2.85. The summed E-state index contributed by atoms with van der Waals surface area (Å²) in [4.78, 5) is 0. The number of ether oxygens (including phenoxy) is 1. The van der Waals surface area contributed by atoms with E-state index in [2.05, 4.69) is 12.8 Å². The van der Waals surface area contributed by atoms with Gasteiger partial charge in [-0.2, -0.15) is 0 Å². The molecule has 1 nitrogen and oxygen atoms in total. The van der Waals surface area contributed by atoms with Gasteiger partial charge in [0.15, 0.2) is 0 Å². The number of unbranched alkanes of at least 4 members (excludes halogenated alkanes) is 1. The molecule has 0 aliphatic carbocycles. The molecule has 0 unspecified atom stereocenters. The molecule has 102 valence electrons. The molecule has 0 fully saturated rings. The largest absolute Gasteiger partial charge is 0.494 e. The van der Waals surface area contributed by atoms with Crippen LogP contribution < -0.4 is 4.74 Å². The molecule has 2 aromatic carbocycles. The van der Waals surface area contributed by atoms with Gasteiger partial charge in [-0.1, -0.05) is 37.5 Å². The van der Waals surface area contributed by atoms with Gasteiger partial charge in [0, 0.05) is 0 Å². The van der Waals surface area contributed by atoms with Gasteiger partial charge >= 0.3 is 0 Å². The highest BCUT2D eigenvalue weighted by Gasteiger charge is 2.03. The second-order valence-electron chi connectivity index (χ2n) is 4.57. The standard InChI is InChI=1S/C18H17FO/c1-3-5-12-20-17-10-8-15(9-11-17)16-7-6-14(4-2)18(19)13-16/h2,6-11,13H,3,5,12H2,1H3. The van der Waals surface area contributed by atoms with Gasteiger partial charge < -0.3 is 4.74 Å². The fraction of sp³-hybridized carbons (Fsp3) is 0.222. The number of hydrogen-bond donors (Lipinski definition) is 0. The van der Waals surface area contributed by atoms with Crippen molar-refractivity contribution in [3.05, 3.63) is 53.8 Å². The van der Waals surface area contributed by atoms with Crippen molar-refractivity contribution in [1.29, 1.82) is 0 Å². The van der Waals surface area contributed by atoms with E-state index in [-0.39, 0.29) is 11.4 Å². The molecule has 0 atom stereocenters. The van der Waals surface area contributed by atoms with Crippen molar-refractivity contribution >= 4 is 0 Å². The fourth-order valence-corrected chi connectivity index (χ4v) is 1.89. The molecule has 0 spiro atoms. The van der Waals surface area contributed by atoms with Crippen LogP contribution in [-0.4, -0.2) is 6.61 Å². The summed E-state index contributed by atoms with van der Waals surface area (Å²) in [7, 11) is 0. The van der Waals surface area contributed by atoms with Gasteiger partial charge in [0.2, 0.25) is 0 Å². The van der Waals surface area contributed by atoms with E-state index >= 15 is 0 Å². The van der Waals surface area contributed by atoms with Crippen molar-refractivity contribution in [2.45, 2.75) is 19.8 Å². The first-order chi connectivity index (χ1) is 9.74. The Kier molecular flexibility index (Phi) is 4.79. The molecule has 0 aliphatic heterocycles. The van der Waals surface area contributed by atoms with Crippen LogP contribution in [-0.2, 0) is 0 Å². The third-order valence-electron chi connectivity index (χ3n) is 3.08. The van der Waals surface area contributed by atoms with Crippen molar-refractivity contribution in [1.82, 2.24) is 0 Å². The van der Waals surface area contributed by atoms with Crippen molar-refractivity contribution < 1.29 is 9.13 Å². The summed E-state index contributed by atoms with van der Waals surface area (Å²) in [6, 6.07) is 12.6. The van der Waals surface area contributed by atoms with Crippen molar-refractivity contribution in [2.75, 3.05) is 6.61 Å². The minimum absolute atomic E-state index is 0.285. The summed E-state index contributed by atoms with van der Waals surface area (Å²) >= 11 is 0. The predicted molar refractivity (Wildman–Crippen MR) is 80.2 cm³/mol. The maximum atomic E-state index is 13.7. The number of terminal acetylenes is 1. The van der Waals surface area contributed by atoms with Gasteiger partial charge in [0.05, 0.1) is 12.2 Å². The zero-order chi connectivity index (χ0) is 14.4. The van der Waals surface area contributed by atoms with Crippen molar-refractivity contribution in [3.8, 4) is 29.2 Å². The normalized spacial score (nSPS) is 10.1. The highest BCUT2D eigenvalue weighted by Crippen LogP contribution is 2.24. The Morgan fingerprint density at radius 1 is 1.10 bits per heavy atom. The van der Waals surface area contributed by atoms with Gasteiger partial charge in [-0.25, -0.2) is 4.39 Å². The maximum absolute atomic E-state index is 13.7. The van der Waals surface area contributed by atoms with Crippen molar-refractivity contribution in [3.63, 3.8) is 0 Å². The fourth-order valence-electron chi connectivity index (χ4n) is 1.89. The molecule has 0 aliphatic rings. The number of hydrogen-bond acceptors (Lipinski definition) is 1. The first kappa shape index (κ1) is 14.1. The first-order valence-electron chi connectivity index (χ1n) is 6.74. The van der Waals surface area contributed by atoms with Gasteiger partial charge in [0.25, 0.3) is 0 Å². The SMILES string of the molecule is C#Cc1ccc(-c2ccc(OCCCC)cc2)cc1F. The average Bonchev–Trinajstić information content (AvgIpc) is 2.48. The molecule has 0 saturated heterocycles. The van der Waals surface area contributed by atoms with Crippen LogP contribution in [0.4, 0.5) is 4.39 Å². The number of halogens is 1. The Hall–Kier alpha value is -2.27. The second-order valence-corrected chi connectivity index (χ2v) is 4.57. The molecular formula is C18H17FO. The topological polar surface area (TPSA) is 9.23 Å². The lowest BCUT2D eigenvalue weighted by Gasteiger charge is -2.07. The third kappa shape index (κ3) is 3.39. The number of rotatable bonds is 5. The first-order valence-corrected chi connectivity index (χ1v) is 6.74. The number of benzene rings is 2. The van der Waals surface area contributed by atoms with Gasteiger partial charge in [-0.15, -0.1) is 6.42 Å². The van der Waals surface area contributed by atoms with E-state index in [9.17, 15) is 4.39 Å². The van der Waals surface area contributed by atoms with Crippen LogP contribution >= 0.6 is 0 Å². The van der Waals surface area contributed by atoms with Crippen LogP contribution in [0.2, 0.25) is 0 Å². The second kappa shape index (κ2) is 6.77. The summed E-state index contributed by atoms with van der Waals surface area (Å²) in [5.41, 5.74) is 2.03.